The highest BCUT2D eigenvalue weighted by molar-refractivity contribution is 6.07. The molecule has 0 radical (unpaired) electrons. The second kappa shape index (κ2) is 7.36. The molecule has 1 N–H and O–H groups in total. The van der Waals surface area contributed by atoms with Crippen molar-refractivity contribution in [1.82, 2.24) is 9.78 Å². The van der Waals surface area contributed by atoms with Crippen LogP contribution in [0, 0.1) is 0 Å². The highest BCUT2D eigenvalue weighted by Gasteiger charge is 2.14. The van der Waals surface area contributed by atoms with E-state index in [0.717, 1.165) is 0 Å². The Balaban J connectivity index is 1.80. The first kappa shape index (κ1) is 17.5. The lowest BCUT2D eigenvalue weighted by molar-refractivity contribution is 0.102. The summed E-state index contributed by atoms with van der Waals surface area (Å²) >= 11 is 0. The van der Waals surface area contributed by atoms with E-state index in [2.05, 4.69) is 10.4 Å². The fourth-order valence-corrected chi connectivity index (χ4v) is 2.95. The van der Waals surface area contributed by atoms with Gasteiger partial charge in [0.05, 0.1) is 18.2 Å². The van der Waals surface area contributed by atoms with Crippen LogP contribution in [0.25, 0.3) is 16.5 Å². The van der Waals surface area contributed by atoms with Gasteiger partial charge >= 0.3 is 0 Å². The SMILES string of the molecule is COc1ccc(C(=O)Nc2nn(-c3ccccc3)c(=O)c3ccccc23)cc1. The van der Waals surface area contributed by atoms with Gasteiger partial charge in [0.2, 0.25) is 0 Å². The average Bonchev–Trinajstić information content (AvgIpc) is 2.76. The van der Waals surface area contributed by atoms with Crippen molar-refractivity contribution in [3.05, 3.63) is 94.8 Å². The van der Waals surface area contributed by atoms with Crippen LogP contribution in [0.2, 0.25) is 0 Å². The number of aromatic nitrogens is 2. The molecule has 0 atom stereocenters. The van der Waals surface area contributed by atoms with Crippen LogP contribution in [0.15, 0.2) is 83.7 Å². The first-order valence-corrected chi connectivity index (χ1v) is 8.70. The molecule has 4 rings (SSSR count). The number of benzene rings is 3. The Kier molecular flexibility index (Phi) is 4.60. The molecule has 4 aromatic rings. The highest BCUT2D eigenvalue weighted by Crippen LogP contribution is 2.20. The van der Waals surface area contributed by atoms with Crippen LogP contribution in [-0.4, -0.2) is 22.8 Å². The summed E-state index contributed by atoms with van der Waals surface area (Å²) in [5.74, 6) is 0.663. The fourth-order valence-electron chi connectivity index (χ4n) is 2.95. The molecule has 6 heteroatoms. The zero-order valence-corrected chi connectivity index (χ0v) is 15.1. The van der Waals surface area contributed by atoms with E-state index in [1.807, 2.05) is 18.2 Å². The van der Waals surface area contributed by atoms with Crippen LogP contribution in [-0.2, 0) is 0 Å². The molecule has 0 aliphatic carbocycles. The van der Waals surface area contributed by atoms with Crippen molar-refractivity contribution >= 4 is 22.5 Å². The zero-order valence-electron chi connectivity index (χ0n) is 15.1. The third-order valence-corrected chi connectivity index (χ3v) is 4.39. The Morgan fingerprint density at radius 1 is 0.893 bits per heavy atom. The molecule has 0 aliphatic heterocycles. The normalized spacial score (nSPS) is 10.6. The van der Waals surface area contributed by atoms with Gasteiger partial charge in [-0.25, -0.2) is 0 Å². The minimum Gasteiger partial charge on any atom is -0.497 e. The number of carbonyl (C=O) groups is 1. The molecule has 0 unspecified atom stereocenters. The van der Waals surface area contributed by atoms with Crippen molar-refractivity contribution < 1.29 is 9.53 Å². The van der Waals surface area contributed by atoms with Crippen LogP contribution >= 0.6 is 0 Å². The summed E-state index contributed by atoms with van der Waals surface area (Å²) in [6.07, 6.45) is 0. The van der Waals surface area contributed by atoms with Gasteiger partial charge in [0, 0.05) is 10.9 Å². The minimum atomic E-state index is -0.321. The maximum atomic E-state index is 12.9. The Morgan fingerprint density at radius 3 is 2.21 bits per heavy atom. The van der Waals surface area contributed by atoms with Gasteiger partial charge in [-0.1, -0.05) is 36.4 Å². The lowest BCUT2D eigenvalue weighted by Gasteiger charge is -2.12. The molecule has 6 nitrogen and oxygen atoms in total. The smallest absolute Gasteiger partial charge is 0.279 e. The average molecular weight is 371 g/mol. The summed E-state index contributed by atoms with van der Waals surface area (Å²) in [5, 5.41) is 8.31. The molecule has 0 spiro atoms. The standard InChI is InChI=1S/C22H17N3O3/c1-28-17-13-11-15(12-14-17)21(26)23-20-18-9-5-6-10-19(18)22(27)25(24-20)16-7-3-2-4-8-16/h2-14H,1H3,(H,23,24,26). The molecule has 138 valence electrons. The van der Waals surface area contributed by atoms with E-state index in [0.29, 0.717) is 33.6 Å². The Hall–Kier alpha value is -3.93. The predicted octanol–water partition coefficient (Wildman–Crippen LogP) is 3.65. The molecule has 0 fully saturated rings. The zero-order chi connectivity index (χ0) is 19.5. The lowest BCUT2D eigenvalue weighted by atomic mass is 10.1. The number of nitrogens with one attached hydrogen (secondary N) is 1. The van der Waals surface area contributed by atoms with E-state index in [9.17, 15) is 9.59 Å². The first-order valence-electron chi connectivity index (χ1n) is 8.70. The number of hydrogen-bond acceptors (Lipinski definition) is 4. The number of nitrogens with zero attached hydrogens (tertiary/aromatic N) is 2. The molecular formula is C22H17N3O3. The Bertz CT molecular complexity index is 1200. The Morgan fingerprint density at radius 2 is 1.54 bits per heavy atom. The molecular weight excluding hydrogens is 354 g/mol. The van der Waals surface area contributed by atoms with E-state index >= 15 is 0 Å². The van der Waals surface area contributed by atoms with Gasteiger partial charge in [-0.05, 0) is 42.5 Å². The van der Waals surface area contributed by atoms with Gasteiger partial charge in [-0.15, -0.1) is 5.10 Å². The fraction of sp³-hybridized carbons (Fsp3) is 0.0455. The summed E-state index contributed by atoms with van der Waals surface area (Å²) in [6, 6.07) is 22.9. The van der Waals surface area contributed by atoms with Gasteiger partial charge in [-0.2, -0.15) is 4.68 Å². The molecule has 28 heavy (non-hydrogen) atoms. The van der Waals surface area contributed by atoms with Crippen LogP contribution in [0.5, 0.6) is 5.75 Å². The molecule has 0 bridgehead atoms. The van der Waals surface area contributed by atoms with Gasteiger partial charge < -0.3 is 10.1 Å². The molecule has 3 aromatic carbocycles. The second-order valence-electron chi connectivity index (χ2n) is 6.13. The largest absolute Gasteiger partial charge is 0.497 e. The summed E-state index contributed by atoms with van der Waals surface area (Å²) in [4.78, 5) is 25.6. The van der Waals surface area contributed by atoms with Gasteiger partial charge in [0.15, 0.2) is 5.82 Å². The number of amides is 1. The number of ether oxygens (including phenoxy) is 1. The molecule has 1 heterocycles. The summed E-state index contributed by atoms with van der Waals surface area (Å²) < 4.78 is 6.42. The van der Waals surface area contributed by atoms with E-state index in [1.54, 1.807) is 67.8 Å². The van der Waals surface area contributed by atoms with Gasteiger partial charge in [-0.3, -0.25) is 9.59 Å². The highest BCUT2D eigenvalue weighted by atomic mass is 16.5. The van der Waals surface area contributed by atoms with Gasteiger partial charge in [0.25, 0.3) is 11.5 Å². The van der Waals surface area contributed by atoms with Crippen molar-refractivity contribution in [3.63, 3.8) is 0 Å². The number of methoxy groups -OCH3 is 1. The monoisotopic (exact) mass is 371 g/mol. The van der Waals surface area contributed by atoms with Crippen molar-refractivity contribution in [2.24, 2.45) is 0 Å². The molecule has 0 saturated carbocycles. The summed E-state index contributed by atoms with van der Waals surface area (Å²) in [5.41, 5.74) is 0.839. The summed E-state index contributed by atoms with van der Waals surface area (Å²) in [7, 11) is 1.57. The maximum absolute atomic E-state index is 12.9. The molecule has 1 aromatic heterocycles. The number of carbonyl (C=O) groups excluding carboxylic acids is 1. The van der Waals surface area contributed by atoms with E-state index < -0.39 is 0 Å². The van der Waals surface area contributed by atoms with Crippen LogP contribution < -0.4 is 15.6 Å². The lowest BCUT2D eigenvalue weighted by Crippen LogP contribution is -2.24. The number of fused-ring (bicyclic) bond motifs is 1. The van der Waals surface area contributed by atoms with E-state index in [-0.39, 0.29) is 11.5 Å². The third-order valence-electron chi connectivity index (χ3n) is 4.39. The number of hydrogen-bond donors (Lipinski definition) is 1. The van der Waals surface area contributed by atoms with E-state index in [4.69, 9.17) is 4.74 Å². The maximum Gasteiger partial charge on any atom is 0.279 e. The predicted molar refractivity (Wildman–Crippen MR) is 108 cm³/mol. The van der Waals surface area contributed by atoms with Crippen molar-refractivity contribution in [2.75, 3.05) is 12.4 Å². The molecule has 1 amide bonds. The van der Waals surface area contributed by atoms with Crippen molar-refractivity contribution in [1.29, 1.82) is 0 Å². The van der Waals surface area contributed by atoms with Crippen LogP contribution in [0.3, 0.4) is 0 Å². The first-order chi connectivity index (χ1) is 13.7. The Labute approximate surface area is 161 Å². The number of para-hydroxylation sites is 1. The van der Waals surface area contributed by atoms with Crippen LogP contribution in [0.4, 0.5) is 5.82 Å². The van der Waals surface area contributed by atoms with Crippen LogP contribution in [0.1, 0.15) is 10.4 Å². The van der Waals surface area contributed by atoms with Crippen molar-refractivity contribution in [3.8, 4) is 11.4 Å². The second-order valence-corrected chi connectivity index (χ2v) is 6.13. The number of rotatable bonds is 4. The molecule has 0 aliphatic rings. The molecule has 0 saturated heterocycles. The van der Waals surface area contributed by atoms with Gasteiger partial charge in [0.1, 0.15) is 5.75 Å². The summed E-state index contributed by atoms with van der Waals surface area (Å²) in [6.45, 7) is 0. The third kappa shape index (κ3) is 3.23. The quantitative estimate of drug-likeness (QED) is 0.594. The topological polar surface area (TPSA) is 73.2 Å². The number of anilines is 1. The van der Waals surface area contributed by atoms with E-state index in [1.165, 1.54) is 4.68 Å². The van der Waals surface area contributed by atoms with Crippen molar-refractivity contribution in [2.45, 2.75) is 0 Å². The minimum absolute atomic E-state index is 0.246.